The topological polar surface area (TPSA) is 58.1 Å². The summed E-state index contributed by atoms with van der Waals surface area (Å²) in [6.07, 6.45) is 1.69. The molecule has 1 amide bonds. The number of aromatic amines is 1. The van der Waals surface area contributed by atoms with Gasteiger partial charge in [-0.25, -0.2) is 4.99 Å². The summed E-state index contributed by atoms with van der Waals surface area (Å²) in [7, 11) is 0. The van der Waals surface area contributed by atoms with Crippen molar-refractivity contribution >= 4 is 11.5 Å². The number of hydrogen-bond donors (Lipinski definition) is 1. The van der Waals surface area contributed by atoms with Crippen molar-refractivity contribution in [1.29, 1.82) is 0 Å². The predicted octanol–water partition coefficient (Wildman–Crippen LogP) is -0.231. The maximum atomic E-state index is 11.7. The molecule has 0 unspecified atom stereocenters. The van der Waals surface area contributed by atoms with Gasteiger partial charge in [-0.1, -0.05) is 18.2 Å². The molecular weight excluding hydrogens is 190 g/mol. The number of nitrogens with one attached hydrogen (secondary N) is 1. The quantitative estimate of drug-likeness (QED) is 0.686. The van der Waals surface area contributed by atoms with Crippen LogP contribution in [0.4, 0.5) is 0 Å². The third-order valence-corrected chi connectivity index (χ3v) is 2.37. The fourth-order valence-electron chi connectivity index (χ4n) is 1.71. The minimum Gasteiger partial charge on any atom is -0.285 e. The van der Waals surface area contributed by atoms with Crippen LogP contribution < -0.4 is 10.6 Å². The largest absolute Gasteiger partial charge is 0.285 e. The molecule has 1 aromatic heterocycles. The van der Waals surface area contributed by atoms with Crippen molar-refractivity contribution in [2.24, 2.45) is 4.99 Å². The summed E-state index contributed by atoms with van der Waals surface area (Å²) in [5.74, 6) is -0.219. The van der Waals surface area contributed by atoms with E-state index in [1.807, 2.05) is 24.3 Å². The van der Waals surface area contributed by atoms with Gasteiger partial charge in [-0.2, -0.15) is 5.10 Å². The van der Waals surface area contributed by atoms with Crippen LogP contribution in [-0.4, -0.2) is 16.1 Å². The minimum absolute atomic E-state index is 0.219. The second-order valence-electron chi connectivity index (χ2n) is 3.27. The van der Waals surface area contributed by atoms with Crippen molar-refractivity contribution in [2.45, 2.75) is 0 Å². The fraction of sp³-hybridized carbons (Fsp3) is 0. The first kappa shape index (κ1) is 8.11. The number of H-pyrrole nitrogens is 1. The van der Waals surface area contributed by atoms with Crippen LogP contribution in [0.15, 0.2) is 41.5 Å². The first-order chi connectivity index (χ1) is 7.36. The molecule has 2 heterocycles. The molecule has 1 aliphatic rings. The Morgan fingerprint density at radius 3 is 2.80 bits per heavy atom. The summed E-state index contributed by atoms with van der Waals surface area (Å²) in [5.41, 5.74) is 1.22. The number of hydrogen-bond acceptors (Lipinski definition) is 2. The first-order valence-corrected chi connectivity index (χ1v) is 4.59. The second kappa shape index (κ2) is 2.88. The highest BCUT2D eigenvalue weighted by atomic mass is 16.1. The van der Waals surface area contributed by atoms with Gasteiger partial charge >= 0.3 is 0 Å². The summed E-state index contributed by atoms with van der Waals surface area (Å²) < 4.78 is 0. The fourth-order valence-corrected chi connectivity index (χ4v) is 1.71. The molecule has 1 aromatic carbocycles. The standard InChI is InChI=1S/C11H7N3O/c15-11-10(9-5-6-12-14-9)7-3-1-2-4-8(7)13-11/h1-6H,(H,12,14). The lowest BCUT2D eigenvalue weighted by Crippen LogP contribution is -2.22. The van der Waals surface area contributed by atoms with Crippen LogP contribution in [0.5, 0.6) is 0 Å². The molecule has 2 aromatic rings. The number of fused-ring (bicyclic) bond motifs is 1. The van der Waals surface area contributed by atoms with Gasteiger partial charge in [-0.15, -0.1) is 0 Å². The summed E-state index contributed by atoms with van der Waals surface area (Å²) in [5, 5.41) is 8.28. The van der Waals surface area contributed by atoms with Crippen LogP contribution in [0.2, 0.25) is 0 Å². The van der Waals surface area contributed by atoms with Crippen LogP contribution in [0.25, 0.3) is 5.57 Å². The van der Waals surface area contributed by atoms with Gasteiger partial charge in [-0.05, 0) is 12.1 Å². The van der Waals surface area contributed by atoms with E-state index in [9.17, 15) is 4.79 Å². The Hall–Kier alpha value is -2.23. The number of amides is 1. The summed E-state index contributed by atoms with van der Waals surface area (Å²) in [6.45, 7) is 0. The van der Waals surface area contributed by atoms with Crippen molar-refractivity contribution < 1.29 is 4.79 Å². The average molecular weight is 197 g/mol. The maximum Gasteiger partial charge on any atom is 0.280 e. The molecule has 0 radical (unpaired) electrons. The molecule has 0 fully saturated rings. The van der Waals surface area contributed by atoms with Crippen LogP contribution in [0.1, 0.15) is 5.69 Å². The number of aromatic nitrogens is 2. The molecular formula is C11H7N3O. The Morgan fingerprint density at radius 1 is 1.13 bits per heavy atom. The zero-order valence-corrected chi connectivity index (χ0v) is 7.77. The molecule has 3 rings (SSSR count). The van der Waals surface area contributed by atoms with Crippen molar-refractivity contribution in [3.8, 4) is 0 Å². The normalized spacial score (nSPS) is 13.9. The van der Waals surface area contributed by atoms with Crippen LogP contribution in [0.3, 0.4) is 0 Å². The van der Waals surface area contributed by atoms with Gasteiger partial charge in [0, 0.05) is 11.4 Å². The lowest BCUT2D eigenvalue weighted by molar-refractivity contribution is -0.112. The molecule has 0 bridgehead atoms. The van der Waals surface area contributed by atoms with E-state index >= 15 is 0 Å². The van der Waals surface area contributed by atoms with Crippen molar-refractivity contribution in [3.05, 3.63) is 52.8 Å². The smallest absolute Gasteiger partial charge is 0.280 e. The van der Waals surface area contributed by atoms with E-state index in [1.54, 1.807) is 12.3 Å². The maximum absolute atomic E-state index is 11.7. The molecule has 4 nitrogen and oxygen atoms in total. The van der Waals surface area contributed by atoms with Crippen LogP contribution in [-0.2, 0) is 4.79 Å². The summed E-state index contributed by atoms with van der Waals surface area (Å²) in [6, 6.07) is 9.23. The van der Waals surface area contributed by atoms with Crippen LogP contribution in [0, 0.1) is 0 Å². The SMILES string of the molecule is O=C1N=c2ccccc2=C1c1cc[nH]n1. The number of carbonyl (C=O) groups excluding carboxylic acids is 1. The van der Waals surface area contributed by atoms with Gasteiger partial charge < -0.3 is 0 Å². The van der Waals surface area contributed by atoms with Gasteiger partial charge in [0.05, 0.1) is 16.6 Å². The highest BCUT2D eigenvalue weighted by molar-refractivity contribution is 6.20. The highest BCUT2D eigenvalue weighted by Crippen LogP contribution is 2.10. The van der Waals surface area contributed by atoms with Crippen molar-refractivity contribution in [2.75, 3.05) is 0 Å². The third-order valence-electron chi connectivity index (χ3n) is 2.37. The molecule has 4 heteroatoms. The van der Waals surface area contributed by atoms with Crippen LogP contribution >= 0.6 is 0 Å². The van der Waals surface area contributed by atoms with E-state index in [1.165, 1.54) is 0 Å². The molecule has 0 saturated carbocycles. The Balaban J connectivity index is 2.43. The van der Waals surface area contributed by atoms with E-state index in [-0.39, 0.29) is 5.91 Å². The Labute approximate surface area is 85.0 Å². The van der Waals surface area contributed by atoms with E-state index in [4.69, 9.17) is 0 Å². The van der Waals surface area contributed by atoms with E-state index in [0.717, 1.165) is 10.6 Å². The highest BCUT2D eigenvalue weighted by Gasteiger charge is 2.18. The molecule has 0 atom stereocenters. The predicted molar refractivity (Wildman–Crippen MR) is 53.3 cm³/mol. The number of nitrogens with zero attached hydrogens (tertiary/aromatic N) is 2. The molecule has 1 aliphatic heterocycles. The van der Waals surface area contributed by atoms with Gasteiger partial charge in [-0.3, -0.25) is 9.89 Å². The molecule has 0 spiro atoms. The van der Waals surface area contributed by atoms with Gasteiger partial charge in [0.2, 0.25) is 0 Å². The van der Waals surface area contributed by atoms with E-state index in [0.29, 0.717) is 11.3 Å². The van der Waals surface area contributed by atoms with E-state index in [2.05, 4.69) is 15.2 Å². The Kier molecular flexibility index (Phi) is 1.56. The minimum atomic E-state index is -0.219. The molecule has 72 valence electrons. The van der Waals surface area contributed by atoms with Crippen molar-refractivity contribution in [1.82, 2.24) is 10.2 Å². The molecule has 15 heavy (non-hydrogen) atoms. The van der Waals surface area contributed by atoms with E-state index < -0.39 is 0 Å². The molecule has 0 aliphatic carbocycles. The monoisotopic (exact) mass is 197 g/mol. The van der Waals surface area contributed by atoms with Crippen molar-refractivity contribution in [3.63, 3.8) is 0 Å². The Bertz CT molecular complexity index is 641. The zero-order chi connectivity index (χ0) is 10.3. The molecule has 0 saturated heterocycles. The average Bonchev–Trinajstić information content (AvgIpc) is 2.82. The van der Waals surface area contributed by atoms with Gasteiger partial charge in [0.1, 0.15) is 0 Å². The lowest BCUT2D eigenvalue weighted by Gasteiger charge is -1.92. The summed E-state index contributed by atoms with van der Waals surface area (Å²) in [4.78, 5) is 15.6. The Morgan fingerprint density at radius 2 is 2.00 bits per heavy atom. The number of rotatable bonds is 1. The second-order valence-corrected chi connectivity index (χ2v) is 3.27. The summed E-state index contributed by atoms with van der Waals surface area (Å²) >= 11 is 0. The number of benzene rings is 1. The number of para-hydroxylation sites is 1. The molecule has 1 N–H and O–H groups in total. The number of carbonyl (C=O) groups is 1. The first-order valence-electron chi connectivity index (χ1n) is 4.59. The lowest BCUT2D eigenvalue weighted by atomic mass is 10.1. The van der Waals surface area contributed by atoms with Gasteiger partial charge in [0.25, 0.3) is 5.91 Å². The third kappa shape index (κ3) is 1.11. The van der Waals surface area contributed by atoms with Gasteiger partial charge in [0.15, 0.2) is 0 Å². The zero-order valence-electron chi connectivity index (χ0n) is 7.77.